The van der Waals surface area contributed by atoms with Crippen LogP contribution in [0.15, 0.2) is 29.3 Å². The van der Waals surface area contributed by atoms with Crippen LogP contribution in [-0.2, 0) is 15.4 Å². The highest BCUT2D eigenvalue weighted by atomic mass is 35.5. The van der Waals surface area contributed by atoms with Gasteiger partial charge in [0.25, 0.3) is 0 Å². The predicted molar refractivity (Wildman–Crippen MR) is 106 cm³/mol. The van der Waals surface area contributed by atoms with Gasteiger partial charge in [-0.05, 0) is 44.5 Å². The molecule has 26 heavy (non-hydrogen) atoms. The largest absolute Gasteiger partial charge is 0.396 e. The van der Waals surface area contributed by atoms with Gasteiger partial charge in [-0.3, -0.25) is 4.99 Å². The zero-order valence-electron chi connectivity index (χ0n) is 14.5. The first-order chi connectivity index (χ1) is 11.9. The van der Waals surface area contributed by atoms with E-state index in [1.165, 1.54) is 23.5 Å². The van der Waals surface area contributed by atoms with Crippen LogP contribution in [-0.4, -0.2) is 24.8 Å². The molecule has 1 aliphatic heterocycles. The first-order valence-electron chi connectivity index (χ1n) is 7.81. The number of sulfone groups is 1. The molecule has 0 saturated heterocycles. The van der Waals surface area contributed by atoms with Crippen LogP contribution >= 0.6 is 22.9 Å². The Hall–Kier alpha value is -1.64. The molecule has 140 valence electrons. The Morgan fingerprint density at radius 3 is 2.46 bits per heavy atom. The van der Waals surface area contributed by atoms with Crippen molar-refractivity contribution in [2.45, 2.75) is 31.1 Å². The molecule has 1 aliphatic rings. The highest BCUT2D eigenvalue weighted by Gasteiger charge is 2.49. The number of halogens is 2. The van der Waals surface area contributed by atoms with E-state index in [0.29, 0.717) is 15.5 Å². The van der Waals surface area contributed by atoms with Crippen molar-refractivity contribution in [2.75, 3.05) is 11.5 Å². The molecule has 1 aromatic carbocycles. The minimum atomic E-state index is -3.53. The second-order valence-corrected chi connectivity index (χ2v) is 11.1. The summed E-state index contributed by atoms with van der Waals surface area (Å²) in [5, 5.41) is 0.391. The van der Waals surface area contributed by atoms with E-state index in [1.807, 2.05) is 0 Å². The molecular formula is C17H19ClFN3O2S2. The maximum atomic E-state index is 13.4. The molecule has 9 heteroatoms. The molecule has 0 aliphatic carbocycles. The topological polar surface area (TPSA) is 98.5 Å². The van der Waals surface area contributed by atoms with Crippen molar-refractivity contribution in [1.82, 2.24) is 0 Å². The Morgan fingerprint density at radius 2 is 1.88 bits per heavy atom. The molecule has 0 spiro atoms. The lowest BCUT2D eigenvalue weighted by Crippen LogP contribution is -2.54. The van der Waals surface area contributed by atoms with E-state index in [0.717, 1.165) is 4.88 Å². The fourth-order valence-corrected chi connectivity index (χ4v) is 6.23. The Labute approximate surface area is 160 Å². The summed E-state index contributed by atoms with van der Waals surface area (Å²) in [4.78, 5) is 5.83. The zero-order chi connectivity index (χ0) is 19.5. The minimum Gasteiger partial charge on any atom is -0.396 e. The van der Waals surface area contributed by atoms with E-state index >= 15 is 0 Å². The summed E-state index contributed by atoms with van der Waals surface area (Å²) in [6.07, 6.45) is 0. The van der Waals surface area contributed by atoms with Gasteiger partial charge in [0, 0.05) is 4.88 Å². The number of aliphatic imine (C=N–C) groups is 1. The second kappa shape index (κ2) is 5.94. The Bertz CT molecular complexity index is 1030. The van der Waals surface area contributed by atoms with Crippen LogP contribution < -0.4 is 11.5 Å². The minimum absolute atomic E-state index is 0.0315. The van der Waals surface area contributed by atoms with Crippen molar-refractivity contribution in [3.8, 4) is 10.4 Å². The fraction of sp³-hybridized carbons (Fsp3) is 0.353. The highest BCUT2D eigenvalue weighted by Crippen LogP contribution is 2.45. The predicted octanol–water partition coefficient (Wildman–Crippen LogP) is 3.57. The van der Waals surface area contributed by atoms with Crippen LogP contribution in [0.5, 0.6) is 0 Å². The molecule has 0 saturated carbocycles. The molecular weight excluding hydrogens is 397 g/mol. The number of amidine groups is 1. The first-order valence-corrected chi connectivity index (χ1v) is 10.7. The third kappa shape index (κ3) is 2.90. The molecule has 1 atom stereocenters. The monoisotopic (exact) mass is 415 g/mol. The van der Waals surface area contributed by atoms with E-state index in [4.69, 9.17) is 23.1 Å². The van der Waals surface area contributed by atoms with Crippen molar-refractivity contribution in [1.29, 1.82) is 0 Å². The Balaban J connectivity index is 2.12. The number of benzene rings is 1. The van der Waals surface area contributed by atoms with Crippen molar-refractivity contribution >= 4 is 44.3 Å². The fourth-order valence-electron chi connectivity index (χ4n) is 2.83. The molecule has 4 N–H and O–H groups in total. The van der Waals surface area contributed by atoms with Gasteiger partial charge in [0.2, 0.25) is 0 Å². The van der Waals surface area contributed by atoms with E-state index in [1.54, 1.807) is 32.9 Å². The van der Waals surface area contributed by atoms with Gasteiger partial charge in [0.1, 0.15) is 21.9 Å². The van der Waals surface area contributed by atoms with Crippen LogP contribution in [0.25, 0.3) is 10.4 Å². The van der Waals surface area contributed by atoms with Gasteiger partial charge in [-0.1, -0.05) is 17.7 Å². The van der Waals surface area contributed by atoms with Crippen molar-refractivity contribution in [3.63, 3.8) is 0 Å². The van der Waals surface area contributed by atoms with Gasteiger partial charge in [-0.2, -0.15) is 0 Å². The molecule has 0 radical (unpaired) electrons. The molecule has 3 rings (SSSR count). The summed E-state index contributed by atoms with van der Waals surface area (Å²) in [6.45, 7) is 4.79. The number of nitrogens with two attached hydrogens (primary N) is 2. The van der Waals surface area contributed by atoms with E-state index in [2.05, 4.69) is 4.99 Å². The number of nitrogens with zero attached hydrogens (tertiary/aromatic N) is 1. The summed E-state index contributed by atoms with van der Waals surface area (Å²) in [5.74, 6) is -0.635. The molecule has 5 nitrogen and oxygen atoms in total. The summed E-state index contributed by atoms with van der Waals surface area (Å²) in [7, 11) is -3.53. The highest BCUT2D eigenvalue weighted by molar-refractivity contribution is 7.93. The summed E-state index contributed by atoms with van der Waals surface area (Å²) in [5.41, 5.74) is 11.3. The van der Waals surface area contributed by atoms with Gasteiger partial charge < -0.3 is 11.5 Å². The molecule has 0 bridgehead atoms. The molecule has 0 amide bonds. The maximum Gasteiger partial charge on any atom is 0.165 e. The van der Waals surface area contributed by atoms with Gasteiger partial charge in [-0.15, -0.1) is 11.3 Å². The van der Waals surface area contributed by atoms with Crippen molar-refractivity contribution in [2.24, 2.45) is 10.7 Å². The quantitative estimate of drug-likeness (QED) is 0.732. The number of anilines is 1. The van der Waals surface area contributed by atoms with Crippen LogP contribution in [0.4, 0.5) is 10.1 Å². The standard InChI is InChI=1S/C17H19ClFN3O2S2/c1-16(2)15(21)22-17(3,8-26(16,23)24)14-10(18)7-13(25-14)9-4-5-11(19)12(20)6-9/h4-7H,8,20H2,1-3H3,(H2,21,22)/t17-/m0/s1. The lowest BCUT2D eigenvalue weighted by atomic mass is 10.0. The SMILES string of the molecule is CC1(C)C(N)=N[C@](C)(c2sc(-c3ccc(F)c(N)c3)cc2Cl)CS1(=O)=O. The van der Waals surface area contributed by atoms with Crippen molar-refractivity contribution in [3.05, 3.63) is 40.0 Å². The average Bonchev–Trinajstić information content (AvgIpc) is 2.90. The van der Waals surface area contributed by atoms with Crippen LogP contribution in [0.3, 0.4) is 0 Å². The number of hydrogen-bond acceptors (Lipinski definition) is 6. The average molecular weight is 416 g/mol. The van der Waals surface area contributed by atoms with Gasteiger partial charge in [0.15, 0.2) is 9.84 Å². The molecule has 1 aromatic heterocycles. The lowest BCUT2D eigenvalue weighted by molar-refractivity contribution is 0.507. The molecule has 2 heterocycles. The van der Waals surface area contributed by atoms with Crippen molar-refractivity contribution < 1.29 is 12.8 Å². The summed E-state index contributed by atoms with van der Waals surface area (Å²) < 4.78 is 37.6. The summed E-state index contributed by atoms with van der Waals surface area (Å²) in [6, 6.07) is 6.10. The van der Waals surface area contributed by atoms with Gasteiger partial charge in [0.05, 0.1) is 21.3 Å². The van der Waals surface area contributed by atoms with Gasteiger partial charge in [-0.25, -0.2) is 12.8 Å². The van der Waals surface area contributed by atoms with Crippen LogP contribution in [0, 0.1) is 5.82 Å². The molecule has 2 aromatic rings. The van der Waals surface area contributed by atoms with Crippen LogP contribution in [0.2, 0.25) is 5.02 Å². The normalized spacial score (nSPS) is 24.3. The van der Waals surface area contributed by atoms with E-state index in [-0.39, 0.29) is 17.3 Å². The molecule has 0 fully saturated rings. The summed E-state index contributed by atoms with van der Waals surface area (Å²) >= 11 is 7.70. The second-order valence-electron chi connectivity index (χ2n) is 7.06. The third-order valence-corrected chi connectivity index (χ3v) is 9.24. The maximum absolute atomic E-state index is 13.4. The number of hydrogen-bond donors (Lipinski definition) is 2. The third-order valence-electron chi connectivity index (χ3n) is 4.69. The van der Waals surface area contributed by atoms with Crippen LogP contribution in [0.1, 0.15) is 25.6 Å². The number of nitrogen functional groups attached to an aromatic ring is 1. The Morgan fingerprint density at radius 1 is 1.23 bits per heavy atom. The zero-order valence-corrected chi connectivity index (χ0v) is 16.9. The Kier molecular flexibility index (Phi) is 4.37. The van der Waals surface area contributed by atoms with E-state index < -0.39 is 25.9 Å². The smallest absolute Gasteiger partial charge is 0.165 e. The van der Waals surface area contributed by atoms with Gasteiger partial charge >= 0.3 is 0 Å². The lowest BCUT2D eigenvalue weighted by Gasteiger charge is -2.37. The first kappa shape index (κ1) is 19.1. The van der Waals surface area contributed by atoms with E-state index in [9.17, 15) is 12.8 Å². The number of thiophene rings is 1. The molecule has 0 unspecified atom stereocenters. The number of rotatable bonds is 2.